The van der Waals surface area contributed by atoms with Crippen molar-refractivity contribution in [1.29, 1.82) is 0 Å². The Labute approximate surface area is 138 Å². The van der Waals surface area contributed by atoms with Crippen molar-refractivity contribution in [3.05, 3.63) is 65.4 Å². The van der Waals surface area contributed by atoms with Crippen LogP contribution >= 0.6 is 11.3 Å². The molecule has 0 fully saturated rings. The van der Waals surface area contributed by atoms with Gasteiger partial charge < -0.3 is 15.0 Å². The first-order chi connectivity index (χ1) is 11.2. The molecule has 0 unspecified atom stereocenters. The number of carbonyl (C=O) groups is 1. The van der Waals surface area contributed by atoms with Crippen LogP contribution in [0.1, 0.15) is 11.3 Å². The molecule has 0 saturated carbocycles. The fourth-order valence-corrected chi connectivity index (χ4v) is 2.98. The van der Waals surface area contributed by atoms with Gasteiger partial charge in [-0.05, 0) is 36.2 Å². The largest absolute Gasteiger partial charge is 0.508 e. The zero-order valence-electron chi connectivity index (χ0n) is 12.5. The standard InChI is InChI=1S/C17H17N3O2S/c21-15-5-3-13(4-6-15)7-8-18-16(22)11-14-12-23-17(19-14)20-9-1-2-10-20/h1-6,9-10,12,21H,7-8,11H2,(H,18,22). The van der Waals surface area contributed by atoms with E-state index in [-0.39, 0.29) is 18.1 Å². The summed E-state index contributed by atoms with van der Waals surface area (Å²) in [6.07, 6.45) is 4.88. The van der Waals surface area contributed by atoms with Gasteiger partial charge in [0.25, 0.3) is 0 Å². The van der Waals surface area contributed by atoms with Crippen molar-refractivity contribution >= 4 is 17.2 Å². The van der Waals surface area contributed by atoms with Crippen LogP contribution < -0.4 is 5.32 Å². The van der Waals surface area contributed by atoms with E-state index in [4.69, 9.17) is 0 Å². The molecule has 118 valence electrons. The van der Waals surface area contributed by atoms with E-state index in [1.165, 1.54) is 11.3 Å². The number of thiazole rings is 1. The van der Waals surface area contributed by atoms with Crippen LogP contribution in [0.2, 0.25) is 0 Å². The molecule has 0 saturated heterocycles. The highest BCUT2D eigenvalue weighted by molar-refractivity contribution is 7.12. The highest BCUT2D eigenvalue weighted by Crippen LogP contribution is 2.15. The topological polar surface area (TPSA) is 67.2 Å². The molecule has 0 spiro atoms. The van der Waals surface area contributed by atoms with E-state index in [2.05, 4.69) is 10.3 Å². The predicted octanol–water partition coefficient (Wildman–Crippen LogP) is 2.54. The van der Waals surface area contributed by atoms with E-state index < -0.39 is 0 Å². The van der Waals surface area contributed by atoms with Gasteiger partial charge in [0, 0.05) is 24.3 Å². The van der Waals surface area contributed by atoms with Crippen LogP contribution in [0.5, 0.6) is 5.75 Å². The maximum atomic E-state index is 12.0. The average Bonchev–Trinajstić information content (AvgIpc) is 3.20. The van der Waals surface area contributed by atoms with Gasteiger partial charge >= 0.3 is 0 Å². The van der Waals surface area contributed by atoms with E-state index in [1.54, 1.807) is 12.1 Å². The van der Waals surface area contributed by atoms with Gasteiger partial charge in [-0.3, -0.25) is 4.79 Å². The number of rotatable bonds is 6. The van der Waals surface area contributed by atoms with Crippen LogP contribution in [-0.4, -0.2) is 27.1 Å². The SMILES string of the molecule is O=C(Cc1csc(-n2cccc2)n1)NCCc1ccc(O)cc1. The number of phenolic OH excluding ortho intramolecular Hbond substituents is 1. The van der Waals surface area contributed by atoms with Gasteiger partial charge in [0.15, 0.2) is 5.13 Å². The first kappa shape index (κ1) is 15.3. The summed E-state index contributed by atoms with van der Waals surface area (Å²) in [6, 6.07) is 10.9. The number of aromatic hydroxyl groups is 1. The maximum Gasteiger partial charge on any atom is 0.226 e. The van der Waals surface area contributed by atoms with Crippen molar-refractivity contribution in [3.8, 4) is 10.9 Å². The molecule has 2 N–H and O–H groups in total. The molecule has 1 aromatic carbocycles. The zero-order valence-corrected chi connectivity index (χ0v) is 13.3. The normalized spacial score (nSPS) is 10.6. The molecule has 2 aromatic heterocycles. The quantitative estimate of drug-likeness (QED) is 0.731. The van der Waals surface area contributed by atoms with Crippen LogP contribution in [0.3, 0.4) is 0 Å². The van der Waals surface area contributed by atoms with Crippen LogP contribution in [0, 0.1) is 0 Å². The molecule has 0 atom stereocenters. The number of nitrogens with one attached hydrogen (secondary N) is 1. The smallest absolute Gasteiger partial charge is 0.226 e. The Morgan fingerprint density at radius 2 is 1.96 bits per heavy atom. The summed E-state index contributed by atoms with van der Waals surface area (Å²) in [4.78, 5) is 16.4. The minimum atomic E-state index is -0.0341. The van der Waals surface area contributed by atoms with Crippen LogP contribution in [0.15, 0.2) is 54.2 Å². The van der Waals surface area contributed by atoms with E-state index in [9.17, 15) is 9.90 Å². The summed E-state index contributed by atoms with van der Waals surface area (Å²) in [6.45, 7) is 0.568. The average molecular weight is 327 g/mol. The highest BCUT2D eigenvalue weighted by atomic mass is 32.1. The third-order valence-corrected chi connectivity index (χ3v) is 4.28. The van der Waals surface area contributed by atoms with Gasteiger partial charge in [-0.15, -0.1) is 11.3 Å². The van der Waals surface area contributed by atoms with Crippen LogP contribution in [0.25, 0.3) is 5.13 Å². The Kier molecular flexibility index (Phi) is 4.73. The van der Waals surface area contributed by atoms with Crippen molar-refractivity contribution in [2.75, 3.05) is 6.54 Å². The Morgan fingerprint density at radius 1 is 1.22 bits per heavy atom. The first-order valence-electron chi connectivity index (χ1n) is 7.33. The monoisotopic (exact) mass is 327 g/mol. The Balaban J connectivity index is 1.47. The summed E-state index contributed by atoms with van der Waals surface area (Å²) >= 11 is 1.52. The first-order valence-corrected chi connectivity index (χ1v) is 8.21. The molecule has 0 aliphatic carbocycles. The Bertz CT molecular complexity index is 764. The number of hydrogen-bond donors (Lipinski definition) is 2. The fraction of sp³-hybridized carbons (Fsp3) is 0.176. The highest BCUT2D eigenvalue weighted by Gasteiger charge is 2.08. The number of carbonyl (C=O) groups excluding carboxylic acids is 1. The lowest BCUT2D eigenvalue weighted by Gasteiger charge is -2.04. The molecule has 1 amide bonds. The molecule has 23 heavy (non-hydrogen) atoms. The van der Waals surface area contributed by atoms with E-state index in [0.717, 1.165) is 22.8 Å². The third-order valence-electron chi connectivity index (χ3n) is 3.38. The van der Waals surface area contributed by atoms with Crippen LogP contribution in [0.4, 0.5) is 0 Å². The summed E-state index contributed by atoms with van der Waals surface area (Å²) in [7, 11) is 0. The van der Waals surface area contributed by atoms with Crippen molar-refractivity contribution in [3.63, 3.8) is 0 Å². The minimum Gasteiger partial charge on any atom is -0.508 e. The number of aromatic nitrogens is 2. The van der Waals surface area contributed by atoms with E-state index in [1.807, 2.05) is 46.6 Å². The summed E-state index contributed by atoms with van der Waals surface area (Å²) in [5, 5.41) is 14.9. The molecule has 2 heterocycles. The lowest BCUT2D eigenvalue weighted by molar-refractivity contribution is -0.120. The number of benzene rings is 1. The lowest BCUT2D eigenvalue weighted by atomic mass is 10.1. The van der Waals surface area contributed by atoms with Crippen molar-refractivity contribution < 1.29 is 9.90 Å². The van der Waals surface area contributed by atoms with E-state index in [0.29, 0.717) is 6.54 Å². The van der Waals surface area contributed by atoms with Crippen molar-refractivity contribution in [2.45, 2.75) is 12.8 Å². The number of nitrogens with zero attached hydrogens (tertiary/aromatic N) is 2. The van der Waals surface area contributed by atoms with Gasteiger partial charge in [-0.2, -0.15) is 0 Å². The van der Waals surface area contributed by atoms with Gasteiger partial charge in [0.05, 0.1) is 12.1 Å². The second kappa shape index (κ2) is 7.11. The molecule has 6 heteroatoms. The lowest BCUT2D eigenvalue weighted by Crippen LogP contribution is -2.27. The maximum absolute atomic E-state index is 12.0. The number of amides is 1. The third kappa shape index (κ3) is 4.20. The summed E-state index contributed by atoms with van der Waals surface area (Å²) in [5.41, 5.74) is 1.85. The molecule has 0 aliphatic heterocycles. The minimum absolute atomic E-state index is 0.0341. The molecular weight excluding hydrogens is 310 g/mol. The van der Waals surface area contributed by atoms with E-state index >= 15 is 0 Å². The molecule has 0 aliphatic rings. The van der Waals surface area contributed by atoms with Gasteiger partial charge in [0.1, 0.15) is 5.75 Å². The Hall–Kier alpha value is -2.60. The predicted molar refractivity (Wildman–Crippen MR) is 90.0 cm³/mol. The Morgan fingerprint density at radius 3 is 2.70 bits per heavy atom. The van der Waals surface area contributed by atoms with Gasteiger partial charge in [0.2, 0.25) is 5.91 Å². The second-order valence-corrected chi connectivity index (χ2v) is 5.99. The van der Waals surface area contributed by atoms with Crippen molar-refractivity contribution in [1.82, 2.24) is 14.9 Å². The number of phenols is 1. The van der Waals surface area contributed by atoms with Gasteiger partial charge in [-0.1, -0.05) is 12.1 Å². The second-order valence-electron chi connectivity index (χ2n) is 5.15. The van der Waals surface area contributed by atoms with Gasteiger partial charge in [-0.25, -0.2) is 4.98 Å². The molecule has 3 aromatic rings. The fourth-order valence-electron chi connectivity index (χ4n) is 2.19. The summed E-state index contributed by atoms with van der Waals surface area (Å²) in [5.74, 6) is 0.216. The molecule has 0 bridgehead atoms. The summed E-state index contributed by atoms with van der Waals surface area (Å²) < 4.78 is 1.93. The van der Waals surface area contributed by atoms with Crippen molar-refractivity contribution in [2.24, 2.45) is 0 Å². The molecule has 3 rings (SSSR count). The zero-order chi connectivity index (χ0) is 16.1. The van der Waals surface area contributed by atoms with Crippen LogP contribution in [-0.2, 0) is 17.6 Å². The number of hydrogen-bond acceptors (Lipinski definition) is 4. The molecule has 0 radical (unpaired) electrons. The molecular formula is C17H17N3O2S. The molecule has 5 nitrogen and oxygen atoms in total.